The Kier molecular flexibility index (Phi) is 1.90. The second-order valence-corrected chi connectivity index (χ2v) is 2.27. The van der Waals surface area contributed by atoms with Gasteiger partial charge in [0.05, 0.1) is 0 Å². The van der Waals surface area contributed by atoms with Gasteiger partial charge in [-0.2, -0.15) is 13.9 Å². The van der Waals surface area contributed by atoms with E-state index in [4.69, 9.17) is 5.11 Å². The molecule has 5 heteroatoms. The molecular weight excluding hydrogens is 154 g/mol. The van der Waals surface area contributed by atoms with Crippen molar-refractivity contribution in [2.24, 2.45) is 0 Å². The fourth-order valence-corrected chi connectivity index (χ4v) is 0.667. The quantitative estimate of drug-likeness (QED) is 0.678. The van der Waals surface area contributed by atoms with Crippen LogP contribution in [0.3, 0.4) is 0 Å². The molecule has 0 aliphatic carbocycles. The van der Waals surface area contributed by atoms with Gasteiger partial charge in [-0.1, -0.05) is 0 Å². The average molecular weight is 162 g/mol. The van der Waals surface area contributed by atoms with Gasteiger partial charge in [0.15, 0.2) is 0 Å². The van der Waals surface area contributed by atoms with Gasteiger partial charge in [0, 0.05) is 6.20 Å². The van der Waals surface area contributed by atoms with E-state index in [1.54, 1.807) is 0 Å². The third-order valence-electron chi connectivity index (χ3n) is 1.38. The molecule has 1 unspecified atom stereocenters. The van der Waals surface area contributed by atoms with Crippen LogP contribution in [0, 0.1) is 0 Å². The SMILES string of the molecule is CC(O)C(F)(F)c1ccn[nH]1. The lowest BCUT2D eigenvalue weighted by Crippen LogP contribution is -2.28. The number of hydrogen-bond acceptors (Lipinski definition) is 2. The van der Waals surface area contributed by atoms with Crippen LogP contribution >= 0.6 is 0 Å². The summed E-state index contributed by atoms with van der Waals surface area (Å²) in [5.41, 5.74) is -0.368. The number of nitrogens with one attached hydrogen (secondary N) is 1. The van der Waals surface area contributed by atoms with Gasteiger partial charge in [0.2, 0.25) is 0 Å². The predicted molar refractivity (Wildman–Crippen MR) is 34.2 cm³/mol. The van der Waals surface area contributed by atoms with Crippen LogP contribution in [-0.2, 0) is 5.92 Å². The van der Waals surface area contributed by atoms with Crippen molar-refractivity contribution in [3.8, 4) is 0 Å². The van der Waals surface area contributed by atoms with Crippen molar-refractivity contribution in [2.45, 2.75) is 19.0 Å². The van der Waals surface area contributed by atoms with E-state index in [1.165, 1.54) is 6.20 Å². The van der Waals surface area contributed by atoms with Crippen molar-refractivity contribution in [2.75, 3.05) is 0 Å². The molecule has 0 aliphatic rings. The minimum atomic E-state index is -3.24. The van der Waals surface area contributed by atoms with Gasteiger partial charge < -0.3 is 5.11 Å². The van der Waals surface area contributed by atoms with E-state index in [1.807, 2.05) is 0 Å². The van der Waals surface area contributed by atoms with Crippen LogP contribution in [0.5, 0.6) is 0 Å². The lowest BCUT2D eigenvalue weighted by atomic mass is 10.1. The molecule has 3 nitrogen and oxygen atoms in total. The fraction of sp³-hybridized carbons (Fsp3) is 0.500. The Morgan fingerprint density at radius 3 is 2.73 bits per heavy atom. The predicted octanol–water partition coefficient (Wildman–Crippen LogP) is 0.882. The minimum Gasteiger partial charge on any atom is -0.387 e. The largest absolute Gasteiger partial charge is 0.387 e. The maximum atomic E-state index is 12.8. The first-order chi connectivity index (χ1) is 5.05. The zero-order chi connectivity index (χ0) is 8.48. The van der Waals surface area contributed by atoms with Gasteiger partial charge in [-0.25, -0.2) is 0 Å². The Hall–Kier alpha value is -0.970. The Bertz CT molecular complexity index is 220. The van der Waals surface area contributed by atoms with Gasteiger partial charge in [0.25, 0.3) is 0 Å². The Morgan fingerprint density at radius 2 is 2.36 bits per heavy atom. The van der Waals surface area contributed by atoms with E-state index < -0.39 is 12.0 Å². The van der Waals surface area contributed by atoms with Crippen molar-refractivity contribution in [3.05, 3.63) is 18.0 Å². The molecule has 1 aromatic rings. The Morgan fingerprint density at radius 1 is 1.73 bits per heavy atom. The normalized spacial score (nSPS) is 14.9. The highest BCUT2D eigenvalue weighted by Gasteiger charge is 2.38. The number of aromatic nitrogens is 2. The number of rotatable bonds is 2. The van der Waals surface area contributed by atoms with Crippen LogP contribution in [0.25, 0.3) is 0 Å². The molecular formula is C6H8F2N2O. The summed E-state index contributed by atoms with van der Waals surface area (Å²) in [5, 5.41) is 14.1. The van der Waals surface area contributed by atoms with Gasteiger partial charge in [-0.3, -0.25) is 5.10 Å². The van der Waals surface area contributed by atoms with Crippen molar-refractivity contribution < 1.29 is 13.9 Å². The van der Waals surface area contributed by atoms with E-state index in [0.29, 0.717) is 0 Å². The monoisotopic (exact) mass is 162 g/mol. The molecule has 62 valence electrons. The molecule has 0 aromatic carbocycles. The minimum absolute atomic E-state index is 0.368. The topological polar surface area (TPSA) is 48.9 Å². The summed E-state index contributed by atoms with van der Waals surface area (Å²) in [5.74, 6) is -3.24. The maximum absolute atomic E-state index is 12.8. The zero-order valence-corrected chi connectivity index (χ0v) is 5.88. The summed E-state index contributed by atoms with van der Waals surface area (Å²) in [7, 11) is 0. The van der Waals surface area contributed by atoms with Crippen LogP contribution in [0.4, 0.5) is 8.78 Å². The van der Waals surface area contributed by atoms with E-state index in [0.717, 1.165) is 13.0 Å². The summed E-state index contributed by atoms with van der Waals surface area (Å²) in [4.78, 5) is 0. The third kappa shape index (κ3) is 1.37. The first-order valence-corrected chi connectivity index (χ1v) is 3.11. The van der Waals surface area contributed by atoms with Crippen molar-refractivity contribution >= 4 is 0 Å². The molecule has 1 atom stereocenters. The second-order valence-electron chi connectivity index (χ2n) is 2.27. The lowest BCUT2D eigenvalue weighted by Gasteiger charge is -2.16. The number of halogens is 2. The Balaban J connectivity index is 2.90. The molecule has 0 saturated carbocycles. The molecule has 1 aromatic heterocycles. The number of aromatic amines is 1. The summed E-state index contributed by atoms with van der Waals surface area (Å²) in [6.07, 6.45) is -0.492. The van der Waals surface area contributed by atoms with E-state index in [2.05, 4.69) is 10.2 Å². The molecule has 0 amide bonds. The smallest absolute Gasteiger partial charge is 0.314 e. The fourth-order valence-electron chi connectivity index (χ4n) is 0.667. The average Bonchev–Trinajstić information content (AvgIpc) is 2.37. The zero-order valence-electron chi connectivity index (χ0n) is 5.88. The molecule has 2 N–H and O–H groups in total. The van der Waals surface area contributed by atoms with Gasteiger partial charge in [-0.15, -0.1) is 0 Å². The molecule has 1 heterocycles. The number of nitrogens with zero attached hydrogens (tertiary/aromatic N) is 1. The molecule has 0 spiro atoms. The van der Waals surface area contributed by atoms with E-state index >= 15 is 0 Å². The molecule has 0 fully saturated rings. The highest BCUT2D eigenvalue weighted by molar-refractivity contribution is 5.07. The molecule has 0 radical (unpaired) electrons. The van der Waals surface area contributed by atoms with Crippen LogP contribution in [0.2, 0.25) is 0 Å². The number of aliphatic hydroxyl groups is 1. The van der Waals surface area contributed by atoms with Gasteiger partial charge >= 0.3 is 5.92 Å². The number of H-pyrrole nitrogens is 1. The van der Waals surface area contributed by atoms with E-state index in [9.17, 15) is 8.78 Å². The first kappa shape index (κ1) is 8.13. The number of aliphatic hydroxyl groups excluding tert-OH is 1. The number of alkyl halides is 2. The first-order valence-electron chi connectivity index (χ1n) is 3.11. The molecule has 0 saturated heterocycles. The highest BCUT2D eigenvalue weighted by Crippen LogP contribution is 2.29. The highest BCUT2D eigenvalue weighted by atomic mass is 19.3. The molecule has 1 rings (SSSR count). The van der Waals surface area contributed by atoms with Crippen LogP contribution in [-0.4, -0.2) is 21.4 Å². The Labute approximate surface area is 62.0 Å². The van der Waals surface area contributed by atoms with Crippen molar-refractivity contribution in [1.82, 2.24) is 10.2 Å². The van der Waals surface area contributed by atoms with E-state index in [-0.39, 0.29) is 5.69 Å². The lowest BCUT2D eigenvalue weighted by molar-refractivity contribution is -0.109. The third-order valence-corrected chi connectivity index (χ3v) is 1.38. The molecule has 11 heavy (non-hydrogen) atoms. The van der Waals surface area contributed by atoms with Crippen LogP contribution < -0.4 is 0 Å². The van der Waals surface area contributed by atoms with Crippen molar-refractivity contribution in [1.29, 1.82) is 0 Å². The van der Waals surface area contributed by atoms with Crippen LogP contribution in [0.1, 0.15) is 12.6 Å². The van der Waals surface area contributed by atoms with Crippen LogP contribution in [0.15, 0.2) is 12.3 Å². The summed E-state index contributed by atoms with van der Waals surface area (Å²) in [6.45, 7) is 1.03. The molecule has 0 bridgehead atoms. The summed E-state index contributed by atoms with van der Waals surface area (Å²) < 4.78 is 25.6. The van der Waals surface area contributed by atoms with Gasteiger partial charge in [-0.05, 0) is 13.0 Å². The molecule has 0 aliphatic heterocycles. The summed E-state index contributed by atoms with van der Waals surface area (Å²) >= 11 is 0. The number of hydrogen-bond donors (Lipinski definition) is 2. The van der Waals surface area contributed by atoms with Gasteiger partial charge in [0.1, 0.15) is 11.8 Å². The standard InChI is InChI=1S/C6H8F2N2O/c1-4(11)6(7,8)5-2-3-9-10-5/h2-4,11H,1H3,(H,9,10). The van der Waals surface area contributed by atoms with Crippen molar-refractivity contribution in [3.63, 3.8) is 0 Å². The maximum Gasteiger partial charge on any atom is 0.314 e. The summed E-state index contributed by atoms with van der Waals surface area (Å²) in [6, 6.07) is 1.13. The second kappa shape index (κ2) is 2.58.